The summed E-state index contributed by atoms with van der Waals surface area (Å²) in [6, 6.07) is 20.0. The molecule has 3 fully saturated rings. The number of rotatable bonds is 4. The second kappa shape index (κ2) is 8.63. The molecular formula is C30H37N6+. The summed E-state index contributed by atoms with van der Waals surface area (Å²) in [6.45, 7) is 0. The van der Waals surface area contributed by atoms with E-state index >= 15 is 0 Å². The topological polar surface area (TPSA) is 46.3 Å². The summed E-state index contributed by atoms with van der Waals surface area (Å²) in [7, 11) is 4.20. The van der Waals surface area contributed by atoms with Crippen LogP contribution >= 0.6 is 0 Å². The Hall–Kier alpha value is -2.83. The van der Waals surface area contributed by atoms with Crippen molar-refractivity contribution >= 4 is 11.4 Å². The predicted molar refractivity (Wildman–Crippen MR) is 145 cm³/mol. The van der Waals surface area contributed by atoms with Crippen LogP contribution in [0.15, 0.2) is 59.8 Å². The maximum atomic E-state index is 4.94. The zero-order valence-electron chi connectivity index (χ0n) is 21.6. The summed E-state index contributed by atoms with van der Waals surface area (Å²) in [6.07, 6.45) is 14.7. The molecule has 0 amide bonds. The van der Waals surface area contributed by atoms with Gasteiger partial charge in [-0.25, -0.2) is 4.68 Å². The first-order valence-electron chi connectivity index (χ1n) is 13.9. The molecule has 2 bridgehead atoms. The van der Waals surface area contributed by atoms with Crippen molar-refractivity contribution in [3.63, 3.8) is 0 Å². The lowest BCUT2D eigenvalue weighted by Crippen LogP contribution is -2.49. The maximum Gasteiger partial charge on any atom is 0.168 e. The highest BCUT2D eigenvalue weighted by atomic mass is 15.6. The lowest BCUT2D eigenvalue weighted by atomic mass is 9.82. The van der Waals surface area contributed by atoms with E-state index in [-0.39, 0.29) is 0 Å². The summed E-state index contributed by atoms with van der Waals surface area (Å²) < 4.78 is 2.37. The van der Waals surface area contributed by atoms with Gasteiger partial charge in [-0.15, -0.1) is 5.10 Å². The van der Waals surface area contributed by atoms with Crippen molar-refractivity contribution < 1.29 is 0 Å². The predicted octanol–water partition coefficient (Wildman–Crippen LogP) is 5.64. The quantitative estimate of drug-likeness (QED) is 0.453. The van der Waals surface area contributed by atoms with E-state index < -0.39 is 0 Å². The van der Waals surface area contributed by atoms with Crippen molar-refractivity contribution in [2.75, 3.05) is 14.1 Å². The van der Waals surface area contributed by atoms with Crippen molar-refractivity contribution in [1.82, 2.24) is 24.5 Å². The highest BCUT2D eigenvalue weighted by molar-refractivity contribution is 6.16. The van der Waals surface area contributed by atoms with Crippen LogP contribution in [-0.4, -0.2) is 57.8 Å². The van der Waals surface area contributed by atoms with Gasteiger partial charge in [-0.05, 0) is 68.2 Å². The van der Waals surface area contributed by atoms with Crippen LogP contribution in [0.5, 0.6) is 0 Å². The first-order chi connectivity index (χ1) is 17.6. The molecule has 0 spiro atoms. The number of hydrogen-bond donors (Lipinski definition) is 0. The summed E-state index contributed by atoms with van der Waals surface area (Å²) >= 11 is 0. The van der Waals surface area contributed by atoms with Gasteiger partial charge in [0.05, 0.1) is 31.5 Å². The zero-order chi connectivity index (χ0) is 24.3. The Balaban J connectivity index is 1.08. The van der Waals surface area contributed by atoms with Gasteiger partial charge in [0.1, 0.15) is 5.69 Å². The largest absolute Gasteiger partial charge is 0.294 e. The van der Waals surface area contributed by atoms with Crippen molar-refractivity contribution in [3.8, 4) is 5.69 Å². The number of piperidine rings is 1. The van der Waals surface area contributed by atoms with E-state index in [2.05, 4.69) is 77.8 Å². The van der Waals surface area contributed by atoms with Crippen LogP contribution in [0.3, 0.4) is 0 Å². The number of hydrogen-bond acceptors (Lipinski definition) is 4. The summed E-state index contributed by atoms with van der Waals surface area (Å²) in [4.78, 5) is 2.96. The summed E-state index contributed by atoms with van der Waals surface area (Å²) in [5, 5.41) is 13.9. The Kier molecular flexibility index (Phi) is 5.37. The number of quaternary nitrogens is 1. The minimum atomic E-state index is 0.481. The van der Waals surface area contributed by atoms with Crippen LogP contribution in [0.2, 0.25) is 0 Å². The van der Waals surface area contributed by atoms with E-state index in [1.165, 1.54) is 69.0 Å². The van der Waals surface area contributed by atoms with E-state index in [0.717, 1.165) is 40.8 Å². The molecule has 36 heavy (non-hydrogen) atoms. The maximum absolute atomic E-state index is 4.94. The van der Waals surface area contributed by atoms with Crippen LogP contribution in [0.25, 0.3) is 5.69 Å². The monoisotopic (exact) mass is 481 g/mol. The van der Waals surface area contributed by atoms with Crippen molar-refractivity contribution in [3.05, 3.63) is 71.5 Å². The molecule has 0 N–H and O–H groups in total. The molecule has 3 aromatic rings. The van der Waals surface area contributed by atoms with Gasteiger partial charge >= 0.3 is 0 Å². The molecule has 7 rings (SSSR count). The van der Waals surface area contributed by atoms with E-state index in [4.69, 9.17) is 5.10 Å². The molecule has 4 heterocycles. The van der Waals surface area contributed by atoms with Crippen molar-refractivity contribution in [2.45, 2.75) is 81.8 Å². The normalized spacial score (nSPS) is 27.7. The Morgan fingerprint density at radius 2 is 1.53 bits per heavy atom. The first-order valence-corrected chi connectivity index (χ1v) is 13.9. The van der Waals surface area contributed by atoms with E-state index in [0.29, 0.717) is 10.5 Å². The van der Waals surface area contributed by atoms with Crippen LogP contribution in [0.4, 0.5) is 5.69 Å². The highest BCUT2D eigenvalue weighted by Crippen LogP contribution is 2.46. The number of nitrogens with zero attached hydrogens (tertiary/aromatic N) is 6. The number of benzene rings is 2. The molecule has 3 aliphatic heterocycles. The van der Waals surface area contributed by atoms with Crippen LogP contribution < -0.4 is 4.59 Å². The Morgan fingerprint density at radius 1 is 0.806 bits per heavy atom. The molecule has 2 atom stereocenters. The molecule has 0 radical (unpaired) electrons. The fraction of sp³-hybridized carbons (Fsp3) is 0.500. The van der Waals surface area contributed by atoms with E-state index in [9.17, 15) is 0 Å². The minimum Gasteiger partial charge on any atom is -0.294 e. The fourth-order valence-corrected chi connectivity index (χ4v) is 7.56. The average Bonchev–Trinajstić information content (AvgIpc) is 3.58. The molecule has 1 aliphatic carbocycles. The molecule has 6 nitrogen and oxygen atoms in total. The minimum absolute atomic E-state index is 0.481. The highest BCUT2D eigenvalue weighted by Gasteiger charge is 2.44. The second-order valence-corrected chi connectivity index (χ2v) is 11.8. The molecule has 2 aromatic carbocycles. The molecule has 1 saturated carbocycles. The molecule has 2 saturated heterocycles. The third-order valence-corrected chi connectivity index (χ3v) is 9.25. The number of aromatic nitrogens is 3. The summed E-state index contributed by atoms with van der Waals surface area (Å²) in [5.74, 6) is 0.687. The van der Waals surface area contributed by atoms with Crippen LogP contribution in [0.1, 0.15) is 80.5 Å². The van der Waals surface area contributed by atoms with Gasteiger partial charge in [0.15, 0.2) is 11.4 Å². The SMILES string of the molecule is C[N+]1(C)N=C(c2cn(-c3ccc(C4CC5CCC(C4)N5C4CCCCC4)cc3)nn2)c2ccccc21. The standard InChI is InChI=1S/C30H37N6/c1-36(2)29-11-7-6-10-27(29)30(32-36)28-20-34(33-31-28)23-14-12-21(13-15-23)22-18-25-16-17-26(19-22)35(25)24-8-4-3-5-9-24/h6-7,10-15,20,22,24-26H,3-5,8-9,16-19H2,1-2H3/q+1. The molecular weight excluding hydrogens is 444 g/mol. The molecule has 6 heteroatoms. The van der Waals surface area contributed by atoms with Gasteiger partial charge in [0, 0.05) is 24.2 Å². The number of fused-ring (bicyclic) bond motifs is 3. The Morgan fingerprint density at radius 3 is 2.28 bits per heavy atom. The van der Waals surface area contributed by atoms with Crippen LogP contribution in [-0.2, 0) is 0 Å². The molecule has 4 aliphatic rings. The molecule has 186 valence electrons. The van der Waals surface area contributed by atoms with Crippen molar-refractivity contribution in [2.24, 2.45) is 5.10 Å². The first kappa shape index (κ1) is 22.4. The van der Waals surface area contributed by atoms with E-state index in [1.807, 2.05) is 10.9 Å². The molecule has 1 aromatic heterocycles. The fourth-order valence-electron chi connectivity index (χ4n) is 7.56. The van der Waals surface area contributed by atoms with Gasteiger partial charge in [0.2, 0.25) is 0 Å². The Labute approximate surface area is 214 Å². The van der Waals surface area contributed by atoms with Gasteiger partial charge < -0.3 is 0 Å². The lowest BCUT2D eigenvalue weighted by molar-refractivity contribution is 0.0567. The van der Waals surface area contributed by atoms with Gasteiger partial charge in [-0.3, -0.25) is 4.90 Å². The van der Waals surface area contributed by atoms with E-state index in [1.54, 1.807) is 0 Å². The smallest absolute Gasteiger partial charge is 0.168 e. The third kappa shape index (κ3) is 3.73. The van der Waals surface area contributed by atoms with Gasteiger partial charge in [-0.1, -0.05) is 53.8 Å². The Bertz CT molecular complexity index is 1270. The zero-order valence-corrected chi connectivity index (χ0v) is 21.6. The average molecular weight is 482 g/mol. The summed E-state index contributed by atoms with van der Waals surface area (Å²) in [5.41, 5.74) is 6.61. The lowest BCUT2D eigenvalue weighted by Gasteiger charge is -2.45. The van der Waals surface area contributed by atoms with Gasteiger partial charge in [0.25, 0.3) is 0 Å². The molecule has 2 unspecified atom stereocenters. The van der Waals surface area contributed by atoms with Crippen LogP contribution in [0, 0.1) is 0 Å². The second-order valence-electron chi connectivity index (χ2n) is 11.8. The third-order valence-electron chi connectivity index (χ3n) is 9.25. The number of para-hydroxylation sites is 1. The van der Waals surface area contributed by atoms with Gasteiger partial charge in [-0.2, -0.15) is 4.59 Å². The van der Waals surface area contributed by atoms with Crippen molar-refractivity contribution in [1.29, 1.82) is 0 Å².